The van der Waals surface area contributed by atoms with Crippen LogP contribution in [0.25, 0.3) is 0 Å². The van der Waals surface area contributed by atoms with Crippen molar-refractivity contribution in [3.8, 4) is 0 Å². The first-order chi connectivity index (χ1) is 7.88. The molecule has 0 aromatic heterocycles. The molecule has 2 amide bonds. The number of carbonyl (C=O) groups excluding carboxylic acids is 2. The number of nitrogens with one attached hydrogen (secondary N) is 1. The number of aliphatic hydroxyl groups excluding tert-OH is 1. The van der Waals surface area contributed by atoms with Crippen molar-refractivity contribution in [1.29, 1.82) is 0 Å². The molecule has 17 heavy (non-hydrogen) atoms. The van der Waals surface area contributed by atoms with Crippen LogP contribution in [0.2, 0.25) is 0 Å². The second kappa shape index (κ2) is 7.44. The van der Waals surface area contributed by atoms with Crippen LogP contribution in [0, 0.1) is 0 Å². The predicted octanol–water partition coefficient (Wildman–Crippen LogP) is -1.36. The van der Waals surface area contributed by atoms with Crippen molar-refractivity contribution >= 4 is 18.0 Å². The predicted molar refractivity (Wildman–Crippen MR) is 56.3 cm³/mol. The van der Waals surface area contributed by atoms with Gasteiger partial charge in [0.05, 0.1) is 7.11 Å². The minimum absolute atomic E-state index is 0.00217. The van der Waals surface area contributed by atoms with Crippen LogP contribution in [-0.4, -0.2) is 66.4 Å². The number of nitrogens with zero attached hydrogens (tertiary/aromatic N) is 1. The van der Waals surface area contributed by atoms with Crippen LogP contribution in [0.1, 0.15) is 6.42 Å². The fourth-order valence-corrected chi connectivity index (χ4v) is 0.904. The normalized spacial score (nSPS) is 11.5. The van der Waals surface area contributed by atoms with Gasteiger partial charge in [-0.15, -0.1) is 0 Å². The lowest BCUT2D eigenvalue weighted by Gasteiger charge is -2.16. The Bertz CT molecular complexity index is 293. The number of ether oxygens (including phenoxy) is 1. The van der Waals surface area contributed by atoms with Crippen LogP contribution >= 0.6 is 0 Å². The van der Waals surface area contributed by atoms with Crippen LogP contribution in [0.3, 0.4) is 0 Å². The summed E-state index contributed by atoms with van der Waals surface area (Å²) in [5, 5.41) is 19.6. The van der Waals surface area contributed by atoms with Crippen molar-refractivity contribution in [2.75, 3.05) is 27.2 Å². The van der Waals surface area contributed by atoms with Gasteiger partial charge in [0, 0.05) is 20.0 Å². The Morgan fingerprint density at radius 2 is 2.00 bits per heavy atom. The van der Waals surface area contributed by atoms with Crippen LogP contribution < -0.4 is 5.32 Å². The number of aliphatic hydroxyl groups is 1. The van der Waals surface area contributed by atoms with Gasteiger partial charge in [-0.25, -0.2) is 9.59 Å². The average Bonchev–Trinajstić information content (AvgIpc) is 2.28. The summed E-state index contributed by atoms with van der Waals surface area (Å²) in [6.45, 7) is -0.207. The third kappa shape index (κ3) is 6.36. The Balaban J connectivity index is 3.86. The van der Waals surface area contributed by atoms with E-state index in [1.807, 2.05) is 0 Å². The maximum Gasteiger partial charge on any atom is 0.332 e. The van der Waals surface area contributed by atoms with Gasteiger partial charge in [0.15, 0.2) is 6.10 Å². The van der Waals surface area contributed by atoms with E-state index in [0.717, 1.165) is 4.90 Å². The number of likely N-dealkylation sites (N-methyl/N-ethyl adjacent to an activating group) is 1. The third-order valence-corrected chi connectivity index (χ3v) is 1.92. The van der Waals surface area contributed by atoms with Crippen molar-refractivity contribution < 1.29 is 29.3 Å². The first kappa shape index (κ1) is 15.2. The van der Waals surface area contributed by atoms with Gasteiger partial charge in [0.2, 0.25) is 0 Å². The quantitative estimate of drug-likeness (QED) is 0.500. The number of methoxy groups -OCH3 is 1. The third-order valence-electron chi connectivity index (χ3n) is 1.92. The van der Waals surface area contributed by atoms with E-state index in [0.29, 0.717) is 0 Å². The minimum Gasteiger partial charge on any atom is -0.479 e. The van der Waals surface area contributed by atoms with Gasteiger partial charge in [-0.05, 0) is 0 Å². The molecule has 98 valence electrons. The number of urea groups is 1. The number of carboxylic acid groups (broad SMARTS) is 1. The Kier molecular flexibility index (Phi) is 6.64. The summed E-state index contributed by atoms with van der Waals surface area (Å²) in [4.78, 5) is 33.5. The molecule has 1 atom stereocenters. The fourth-order valence-electron chi connectivity index (χ4n) is 0.904. The number of hydrogen-bond acceptors (Lipinski definition) is 5. The van der Waals surface area contributed by atoms with E-state index < -0.39 is 24.1 Å². The average molecular weight is 248 g/mol. The molecule has 0 aliphatic rings. The summed E-state index contributed by atoms with van der Waals surface area (Å²) in [5.41, 5.74) is 0. The maximum absolute atomic E-state index is 11.3. The zero-order valence-corrected chi connectivity index (χ0v) is 9.67. The van der Waals surface area contributed by atoms with E-state index in [2.05, 4.69) is 10.1 Å². The second-order valence-corrected chi connectivity index (χ2v) is 3.31. The van der Waals surface area contributed by atoms with Gasteiger partial charge in [0.25, 0.3) is 0 Å². The smallest absolute Gasteiger partial charge is 0.332 e. The SMILES string of the molecule is COC(=O)CN(C)C(=O)NCC[C@H](O)C(=O)O. The molecule has 0 rings (SSSR count). The van der Waals surface area contributed by atoms with E-state index in [1.165, 1.54) is 14.2 Å². The molecule has 8 heteroatoms. The Morgan fingerprint density at radius 3 is 2.47 bits per heavy atom. The largest absolute Gasteiger partial charge is 0.479 e. The fraction of sp³-hybridized carbons (Fsp3) is 0.667. The first-order valence-electron chi connectivity index (χ1n) is 4.85. The van der Waals surface area contributed by atoms with Gasteiger partial charge in [-0.3, -0.25) is 4.79 Å². The molecule has 0 spiro atoms. The van der Waals surface area contributed by atoms with Crippen molar-refractivity contribution in [2.45, 2.75) is 12.5 Å². The zero-order valence-electron chi connectivity index (χ0n) is 9.67. The topological polar surface area (TPSA) is 116 Å². The number of aliphatic carboxylic acids is 1. The minimum atomic E-state index is -1.51. The molecule has 0 unspecified atom stereocenters. The molecular weight excluding hydrogens is 232 g/mol. The molecular formula is C9H16N2O6. The number of rotatable bonds is 6. The lowest BCUT2D eigenvalue weighted by molar-refractivity contribution is -0.146. The highest BCUT2D eigenvalue weighted by Gasteiger charge is 2.15. The van der Waals surface area contributed by atoms with E-state index in [4.69, 9.17) is 10.2 Å². The summed E-state index contributed by atoms with van der Waals surface area (Å²) < 4.78 is 4.37. The van der Waals surface area contributed by atoms with E-state index in [9.17, 15) is 14.4 Å². The molecule has 0 saturated carbocycles. The summed E-state index contributed by atoms with van der Waals surface area (Å²) >= 11 is 0. The number of carboxylic acids is 1. The lowest BCUT2D eigenvalue weighted by Crippen LogP contribution is -2.41. The second-order valence-electron chi connectivity index (χ2n) is 3.31. The van der Waals surface area contributed by atoms with Gasteiger partial charge in [0.1, 0.15) is 6.54 Å². The molecule has 0 saturated heterocycles. The number of esters is 1. The molecule has 0 aliphatic carbocycles. The van der Waals surface area contributed by atoms with E-state index in [-0.39, 0.29) is 19.5 Å². The van der Waals surface area contributed by atoms with Crippen LogP contribution in [0.4, 0.5) is 4.79 Å². The summed E-state index contributed by atoms with van der Waals surface area (Å²) in [5.74, 6) is -1.91. The van der Waals surface area contributed by atoms with E-state index >= 15 is 0 Å². The van der Waals surface area contributed by atoms with Crippen molar-refractivity contribution in [2.24, 2.45) is 0 Å². The molecule has 0 fully saturated rings. The molecule has 0 radical (unpaired) electrons. The number of amides is 2. The summed E-state index contributed by atoms with van der Waals surface area (Å²) in [6.07, 6.45) is -1.62. The molecule has 0 aromatic rings. The molecule has 0 heterocycles. The Hall–Kier alpha value is -1.83. The van der Waals surface area contributed by atoms with Gasteiger partial charge in [-0.1, -0.05) is 0 Å². The monoisotopic (exact) mass is 248 g/mol. The maximum atomic E-state index is 11.3. The van der Waals surface area contributed by atoms with Crippen LogP contribution in [-0.2, 0) is 14.3 Å². The Labute approximate surface area is 98.2 Å². The van der Waals surface area contributed by atoms with Gasteiger partial charge in [-0.2, -0.15) is 0 Å². The standard InChI is InChI=1S/C9H16N2O6/c1-11(5-7(13)17-2)9(16)10-4-3-6(12)8(14)15/h6,12H,3-5H2,1-2H3,(H,10,16)(H,14,15)/t6-/m0/s1. The van der Waals surface area contributed by atoms with Gasteiger partial charge >= 0.3 is 18.0 Å². The number of carbonyl (C=O) groups is 3. The molecule has 0 bridgehead atoms. The van der Waals surface area contributed by atoms with Gasteiger partial charge < -0.3 is 25.2 Å². The lowest BCUT2D eigenvalue weighted by atomic mass is 10.2. The highest BCUT2D eigenvalue weighted by atomic mass is 16.5. The van der Waals surface area contributed by atoms with E-state index in [1.54, 1.807) is 0 Å². The van der Waals surface area contributed by atoms with Crippen molar-refractivity contribution in [3.05, 3.63) is 0 Å². The highest BCUT2D eigenvalue weighted by molar-refractivity contribution is 5.80. The molecule has 8 nitrogen and oxygen atoms in total. The summed E-state index contributed by atoms with van der Waals surface area (Å²) in [7, 11) is 2.59. The Morgan fingerprint density at radius 1 is 1.41 bits per heavy atom. The molecule has 0 aromatic carbocycles. The highest BCUT2D eigenvalue weighted by Crippen LogP contribution is 1.91. The van der Waals surface area contributed by atoms with Crippen LogP contribution in [0.15, 0.2) is 0 Å². The van der Waals surface area contributed by atoms with Crippen molar-refractivity contribution in [1.82, 2.24) is 10.2 Å². The summed E-state index contributed by atoms with van der Waals surface area (Å²) in [6, 6.07) is -0.548. The first-order valence-corrected chi connectivity index (χ1v) is 4.85. The number of hydrogen-bond donors (Lipinski definition) is 3. The molecule has 3 N–H and O–H groups in total. The van der Waals surface area contributed by atoms with Crippen LogP contribution in [0.5, 0.6) is 0 Å². The zero-order chi connectivity index (χ0) is 13.4. The molecule has 0 aliphatic heterocycles. The van der Waals surface area contributed by atoms with Crippen molar-refractivity contribution in [3.63, 3.8) is 0 Å².